The van der Waals surface area contributed by atoms with Crippen LogP contribution in [-0.4, -0.2) is 247 Å². The van der Waals surface area contributed by atoms with Gasteiger partial charge in [-0.15, -0.1) is 0 Å². The number of unbranched alkanes of at least 4 members (excludes halogenated alkanes) is 2. The first kappa shape index (κ1) is 147. The van der Waals surface area contributed by atoms with E-state index in [2.05, 4.69) is 83.0 Å². The zero-order valence-electron chi connectivity index (χ0n) is 90.2. The molecule has 138 heavy (non-hydrogen) atoms. The number of aliphatic hydroxyl groups excluding tert-OH is 6. The predicted molar refractivity (Wildman–Crippen MR) is 548 cm³/mol. The number of benzene rings is 1. The van der Waals surface area contributed by atoms with Crippen molar-refractivity contribution in [2.75, 3.05) is 30.4 Å². The van der Waals surface area contributed by atoms with E-state index in [0.717, 1.165) is 19.3 Å². The highest BCUT2D eigenvalue weighted by Gasteiger charge is 2.33. The van der Waals surface area contributed by atoms with Crippen LogP contribution < -0.4 is 69.1 Å². The summed E-state index contributed by atoms with van der Waals surface area (Å²) >= 11 is 0. The lowest BCUT2D eigenvalue weighted by Crippen LogP contribution is -2.47. The van der Waals surface area contributed by atoms with E-state index in [1.807, 2.05) is 194 Å². The summed E-state index contributed by atoms with van der Waals surface area (Å²) in [7, 11) is 0. The van der Waals surface area contributed by atoms with Gasteiger partial charge in [-0.2, -0.15) is 0 Å². The van der Waals surface area contributed by atoms with Gasteiger partial charge in [0.2, 0.25) is 11.7 Å². The van der Waals surface area contributed by atoms with E-state index in [0.29, 0.717) is 98.7 Å². The minimum atomic E-state index is -1.69. The van der Waals surface area contributed by atoms with Crippen LogP contribution in [0.1, 0.15) is 347 Å². The third-order valence-corrected chi connectivity index (χ3v) is 16.1. The second kappa shape index (κ2) is 85.7. The molecule has 0 spiro atoms. The molecule has 1 aromatic carbocycles. The van der Waals surface area contributed by atoms with Crippen molar-refractivity contribution in [3.63, 3.8) is 0 Å². The molecular weight excluding hydrogens is 1780 g/mol. The van der Waals surface area contributed by atoms with Crippen LogP contribution in [0.15, 0.2) is 24.3 Å². The Morgan fingerprint density at radius 3 is 0.761 bits per heavy atom. The second-order valence-electron chi connectivity index (χ2n) is 40.1. The molecule has 0 aliphatic heterocycles. The van der Waals surface area contributed by atoms with Crippen molar-refractivity contribution < 1.29 is 117 Å². The van der Waals surface area contributed by atoms with Crippen LogP contribution in [0.5, 0.6) is 0 Å². The first-order valence-corrected chi connectivity index (χ1v) is 48.5. The quantitative estimate of drug-likeness (QED) is 0.0213. The van der Waals surface area contributed by atoms with Gasteiger partial charge in [-0.25, -0.2) is 19.2 Å². The molecule has 37 nitrogen and oxygen atoms in total. The van der Waals surface area contributed by atoms with Gasteiger partial charge >= 0.3 is 24.1 Å². The maximum absolute atomic E-state index is 11.5. The lowest BCUT2D eigenvalue weighted by Gasteiger charge is -2.18. The number of anilines is 2. The van der Waals surface area contributed by atoms with Crippen LogP contribution in [0.4, 0.5) is 30.6 Å². The molecule has 0 saturated heterocycles. The lowest BCUT2D eigenvalue weighted by molar-refractivity contribution is -0.145. The number of ketones is 8. The Morgan fingerprint density at radius 2 is 0.500 bits per heavy atom. The summed E-state index contributed by atoms with van der Waals surface area (Å²) in [4.78, 5) is 192. The third-order valence-electron chi connectivity index (χ3n) is 16.1. The minimum Gasteiger partial charge on any atom is -0.382 e. The van der Waals surface area contributed by atoms with Crippen molar-refractivity contribution in [3.05, 3.63) is 24.3 Å². The van der Waals surface area contributed by atoms with Crippen molar-refractivity contribution in [2.24, 2.45) is 47.3 Å². The monoisotopic (exact) mass is 1970 g/mol. The first-order chi connectivity index (χ1) is 62.8. The highest BCUT2D eigenvalue weighted by atomic mass is 16.5. The Kier molecular flexibility index (Phi) is 91.0. The number of carbonyl (C=O) groups is 17. The molecule has 0 radical (unpaired) electrons. The van der Waals surface area contributed by atoms with E-state index >= 15 is 0 Å². The van der Waals surface area contributed by atoms with Crippen molar-refractivity contribution >= 4 is 111 Å². The highest BCUT2D eigenvalue weighted by molar-refractivity contribution is 6.36. The Morgan fingerprint density at radius 1 is 0.254 bits per heavy atom. The summed E-state index contributed by atoms with van der Waals surface area (Å²) < 4.78 is 5.06. The third kappa shape index (κ3) is 101. The van der Waals surface area contributed by atoms with Gasteiger partial charge in [0.05, 0.1) is 0 Å². The average Bonchev–Trinajstić information content (AvgIpc) is 0.930. The number of amides is 13. The highest BCUT2D eigenvalue weighted by Crippen LogP contribution is 2.16. The fourth-order valence-electron chi connectivity index (χ4n) is 10.7. The molecule has 0 unspecified atom stereocenters. The van der Waals surface area contributed by atoms with Gasteiger partial charge in [0, 0.05) is 149 Å². The molecule has 0 bridgehead atoms. The molecule has 0 aliphatic rings. The van der Waals surface area contributed by atoms with Gasteiger partial charge in [-0.05, 0) is 223 Å². The van der Waals surface area contributed by atoms with Gasteiger partial charge in [0.25, 0.3) is 23.6 Å². The van der Waals surface area contributed by atoms with Crippen LogP contribution in [-0.2, 0) is 67.1 Å². The van der Waals surface area contributed by atoms with Gasteiger partial charge in [0.1, 0.15) is 43.1 Å². The molecule has 13 amide bonds. The number of nitrogens with one attached hydrogen (secondary N) is 13. The van der Waals surface area contributed by atoms with Gasteiger partial charge in [-0.3, -0.25) is 62.3 Å². The number of rotatable bonds is 51. The molecule has 0 fully saturated rings. The molecule has 1 aromatic rings. The van der Waals surface area contributed by atoms with Crippen molar-refractivity contribution in [2.45, 2.75) is 444 Å². The van der Waals surface area contributed by atoms with Gasteiger partial charge in [0.15, 0.2) is 47.2 Å². The molecule has 1 rings (SSSR count). The molecule has 19 N–H and O–H groups in total. The van der Waals surface area contributed by atoms with Crippen LogP contribution in [0.3, 0.4) is 0 Å². The SMILES string of the molecule is C.CC(C)CC(=O)C(=O)NC(C)C.CC(C)CC(=O)CCC(=O)NC(C)C.CC(C)CC(=O)CCCCCNC(=O)NC(C)C.CC(C)CC(=O)COCC(=O)CC(C)C.CC(C)CC(=O)[C@@H](O)[C@H](O)C(=O)NC(C)C.CC(C)CC(=O)[C@H](O)[C@@H](O)C(=O)NC(C)C.CC(C)CC(=O)[C@H](O)[C@H](O)C(=O)NC(C)C.CC(C)NC(=O)NC(C)C.CC(C)NC(=O)Nc1ccc(NC(=O)NC(C)C)cc1. The normalized spacial score (nSPS) is 12.1. The topological polar surface area (TPSA) is 577 Å². The molecule has 6 atom stereocenters. The van der Waals surface area contributed by atoms with E-state index in [9.17, 15) is 112 Å². The number of ether oxygens (including phenoxy) is 1. The van der Waals surface area contributed by atoms with Crippen LogP contribution >= 0.6 is 0 Å². The maximum Gasteiger partial charge on any atom is 0.319 e. The summed E-state index contributed by atoms with van der Waals surface area (Å²) in [5.41, 5.74) is 1.33. The smallest absolute Gasteiger partial charge is 0.319 e. The zero-order valence-corrected chi connectivity index (χ0v) is 90.2. The van der Waals surface area contributed by atoms with Crippen LogP contribution in [0, 0.1) is 47.3 Å². The van der Waals surface area contributed by atoms with E-state index in [1.165, 1.54) is 0 Å². The number of Topliss-reactive ketones (excluding diaryl/α,β-unsaturated/α-hetero) is 8. The van der Waals surface area contributed by atoms with Gasteiger partial charge < -0.3 is 104 Å². The summed E-state index contributed by atoms with van der Waals surface area (Å²) in [5.74, 6) is -1.78. The lowest BCUT2D eigenvalue weighted by atomic mass is 10.00. The second-order valence-corrected chi connectivity index (χ2v) is 40.1. The van der Waals surface area contributed by atoms with Crippen molar-refractivity contribution in [3.8, 4) is 0 Å². The number of aliphatic hydroxyl groups is 6. The first-order valence-electron chi connectivity index (χ1n) is 48.5. The molecule has 0 aliphatic carbocycles. The average molecular weight is 1970 g/mol. The standard InChI is InChI=1S/C14H22N4O2.C14H28N2O2.C12H22O3.3C11H21NO4.C11H21NO2.C9H17NO2.C7H16N2O.CH4/c1-9(2)15-13(19)17-11-5-7-12(8-6-11)18-14(20)16-10(3)4;1-11(2)10-13(17)8-6-5-7-9-15-14(18)16-12(3)4;1-9(2)5-11(13)7-15-8-12(14)6-10(3)4;3*1-6(2)5-8(13)9(14)10(15)11(16)12-7(3)4;1-8(2)7-10(13)5-6-11(14)12-9(3)4;1-6(2)5-8(11)9(12)10-7(3)4;1-5(2)8-7(10)9-6(3)4;/h5-10H,1-4H3,(H2,15,17,19)(H2,16,18,20);11-12H,5-10H2,1-4H3,(H2,15,16,18);9-10H,5-8H2,1-4H3;3*6-7,9-10,14-15H,5H2,1-4H3,(H,12,16);8-9H,5-7H2,1-4H3,(H,12,14);6-7H,5H2,1-4H3,(H,10,12);5-6H,1-4H3,(H2,8,9,10);1H4/t;;;2*9-,10+;9-,10-;;;;/m...100..../s1. The molecule has 806 valence electrons. The summed E-state index contributed by atoms with van der Waals surface area (Å²) in [6.45, 7) is 68.7. The molecule has 0 heterocycles. The van der Waals surface area contributed by atoms with Crippen LogP contribution in [0.2, 0.25) is 0 Å². The van der Waals surface area contributed by atoms with Crippen LogP contribution in [0.25, 0.3) is 0 Å². The zero-order chi connectivity index (χ0) is 109. The predicted octanol–water partition coefficient (Wildman–Crippen LogP) is 12.2. The Hall–Kier alpha value is -9.27. The Bertz CT molecular complexity index is 3210. The fourth-order valence-corrected chi connectivity index (χ4v) is 10.7. The molecule has 37 heteroatoms. The minimum absolute atomic E-state index is 0. The van der Waals surface area contributed by atoms with Gasteiger partial charge in [-0.1, -0.05) is 125 Å². The number of carbonyl (C=O) groups excluding carboxylic acids is 17. The molecular formula is C101H193N13O24. The number of urea groups is 4. The van der Waals surface area contributed by atoms with E-state index < -0.39 is 77.6 Å². The summed E-state index contributed by atoms with van der Waals surface area (Å²) in [6, 6.07) is 6.70. The van der Waals surface area contributed by atoms with E-state index in [4.69, 9.17) is 4.74 Å². The maximum atomic E-state index is 11.5. The van der Waals surface area contributed by atoms with Crippen molar-refractivity contribution in [1.29, 1.82) is 0 Å². The fraction of sp³-hybridized carbons (Fsp3) is 0.772. The summed E-state index contributed by atoms with van der Waals surface area (Å²) in [5, 5.41) is 91.2. The number of hydrogen-bond acceptors (Lipinski definition) is 24. The van der Waals surface area contributed by atoms with Crippen molar-refractivity contribution in [1.82, 2.24) is 58.5 Å². The number of hydrogen-bond donors (Lipinski definition) is 19. The van der Waals surface area contributed by atoms with E-state index in [1.54, 1.807) is 65.8 Å². The Balaban J connectivity index is -0.000000195. The summed E-state index contributed by atoms with van der Waals surface area (Å²) in [6.07, 6.45) is -2.66. The van der Waals surface area contributed by atoms with E-state index in [-0.39, 0.29) is 177 Å². The molecule has 0 saturated carbocycles. The largest absolute Gasteiger partial charge is 0.382 e. The molecule has 0 aromatic heterocycles. The Labute approximate surface area is 828 Å².